The summed E-state index contributed by atoms with van der Waals surface area (Å²) in [6.07, 6.45) is 0. The molecule has 0 atom stereocenters. The maximum absolute atomic E-state index is 14.0. The van der Waals surface area contributed by atoms with E-state index in [4.69, 9.17) is 0 Å². The van der Waals surface area contributed by atoms with Crippen LogP contribution in [0.5, 0.6) is 0 Å². The first-order valence-electron chi connectivity index (χ1n) is 7.47. The molecule has 1 N–H and O–H groups in total. The molecule has 0 saturated carbocycles. The van der Waals surface area contributed by atoms with Crippen LogP contribution in [0.25, 0.3) is 27.1 Å². The molecule has 122 valence electrons. The Morgan fingerprint density at radius 3 is 2.67 bits per heavy atom. The topological polar surface area (TPSA) is 71.8 Å². The number of fused-ring (bicyclic) bond motifs is 1. The maximum Gasteiger partial charge on any atom is 0.235 e. The fourth-order valence-electron chi connectivity index (χ4n) is 2.35. The summed E-state index contributed by atoms with van der Waals surface area (Å²) in [5.41, 5.74) is 2.12. The summed E-state index contributed by atoms with van der Waals surface area (Å²) in [4.78, 5) is 0.601. The third kappa shape index (κ3) is 2.39. The molecule has 0 spiro atoms. The number of hydrogen-bond acceptors (Lipinski definition) is 5. The average Bonchev–Trinajstić information content (AvgIpc) is 3.22. The maximum atomic E-state index is 14.0. The molecule has 0 bridgehead atoms. The standard InChI is InChI=1S/C16H15FN6S/c1-16(2,3)12-8-11(18-19-12)14-22-23-13(20-21-15(23)24-14)9-6-4-5-7-10(9)17/h4-8H,1-3H3,(H,18,19). The van der Waals surface area contributed by atoms with Crippen molar-refractivity contribution < 1.29 is 4.39 Å². The Labute approximate surface area is 141 Å². The normalized spacial score (nSPS) is 12.2. The van der Waals surface area contributed by atoms with Gasteiger partial charge < -0.3 is 0 Å². The number of aromatic nitrogens is 6. The Morgan fingerprint density at radius 1 is 1.17 bits per heavy atom. The second kappa shape index (κ2) is 5.20. The van der Waals surface area contributed by atoms with Gasteiger partial charge in [0.1, 0.15) is 11.5 Å². The first kappa shape index (κ1) is 14.9. The lowest BCUT2D eigenvalue weighted by Gasteiger charge is -2.14. The third-order valence-corrected chi connectivity index (χ3v) is 4.63. The minimum atomic E-state index is -0.351. The van der Waals surface area contributed by atoms with Crippen molar-refractivity contribution in [1.29, 1.82) is 0 Å². The highest BCUT2D eigenvalue weighted by molar-refractivity contribution is 7.19. The van der Waals surface area contributed by atoms with E-state index < -0.39 is 0 Å². The number of nitrogens with zero attached hydrogens (tertiary/aromatic N) is 5. The summed E-state index contributed by atoms with van der Waals surface area (Å²) in [6.45, 7) is 6.33. The lowest BCUT2D eigenvalue weighted by atomic mass is 9.92. The molecule has 0 radical (unpaired) electrons. The van der Waals surface area contributed by atoms with Gasteiger partial charge in [0.2, 0.25) is 4.96 Å². The van der Waals surface area contributed by atoms with Crippen LogP contribution in [0.15, 0.2) is 30.3 Å². The fourth-order valence-corrected chi connectivity index (χ4v) is 3.15. The van der Waals surface area contributed by atoms with E-state index in [0.717, 1.165) is 11.4 Å². The SMILES string of the molecule is CC(C)(C)c1cc(-c2nn3c(-c4ccccc4F)nnc3s2)n[nH]1. The molecule has 0 aliphatic rings. The van der Waals surface area contributed by atoms with Crippen molar-refractivity contribution >= 4 is 16.3 Å². The Hall–Kier alpha value is -2.61. The van der Waals surface area contributed by atoms with Gasteiger partial charge in [0.05, 0.1) is 5.56 Å². The predicted molar refractivity (Wildman–Crippen MR) is 90.3 cm³/mol. The molecule has 8 heteroatoms. The Morgan fingerprint density at radius 2 is 1.96 bits per heavy atom. The van der Waals surface area contributed by atoms with Crippen molar-refractivity contribution in [2.24, 2.45) is 0 Å². The van der Waals surface area contributed by atoms with Crippen LogP contribution in [-0.4, -0.2) is 30.0 Å². The van der Waals surface area contributed by atoms with Crippen LogP contribution < -0.4 is 0 Å². The van der Waals surface area contributed by atoms with Gasteiger partial charge in [-0.15, -0.1) is 10.2 Å². The van der Waals surface area contributed by atoms with E-state index in [0.29, 0.717) is 21.4 Å². The van der Waals surface area contributed by atoms with E-state index in [1.54, 1.807) is 22.7 Å². The highest BCUT2D eigenvalue weighted by Gasteiger charge is 2.21. The zero-order valence-electron chi connectivity index (χ0n) is 13.4. The quantitative estimate of drug-likeness (QED) is 0.603. The number of rotatable bonds is 2. The zero-order valence-corrected chi connectivity index (χ0v) is 14.2. The number of hydrogen-bond donors (Lipinski definition) is 1. The summed E-state index contributed by atoms with van der Waals surface area (Å²) in [5.74, 6) is 0.0355. The van der Waals surface area contributed by atoms with Gasteiger partial charge in [-0.3, -0.25) is 5.10 Å². The average molecular weight is 342 g/mol. The van der Waals surface area contributed by atoms with Crippen LogP contribution in [-0.2, 0) is 5.41 Å². The molecule has 4 rings (SSSR count). The van der Waals surface area contributed by atoms with Gasteiger partial charge in [-0.1, -0.05) is 44.2 Å². The van der Waals surface area contributed by atoms with Crippen molar-refractivity contribution in [3.8, 4) is 22.1 Å². The molecule has 3 aromatic heterocycles. The molecule has 0 aliphatic carbocycles. The molecule has 0 saturated heterocycles. The fraction of sp³-hybridized carbons (Fsp3) is 0.250. The summed E-state index contributed by atoms with van der Waals surface area (Å²) in [6, 6.07) is 8.44. The molecule has 6 nitrogen and oxygen atoms in total. The van der Waals surface area contributed by atoms with Crippen molar-refractivity contribution in [3.63, 3.8) is 0 Å². The molecule has 0 unspecified atom stereocenters. The summed E-state index contributed by atoms with van der Waals surface area (Å²) in [7, 11) is 0. The number of H-pyrrole nitrogens is 1. The molecule has 0 amide bonds. The van der Waals surface area contributed by atoms with Crippen LogP contribution in [0.1, 0.15) is 26.5 Å². The van der Waals surface area contributed by atoms with E-state index in [1.165, 1.54) is 17.4 Å². The lowest BCUT2D eigenvalue weighted by Crippen LogP contribution is -2.11. The summed E-state index contributed by atoms with van der Waals surface area (Å²) >= 11 is 1.37. The zero-order chi connectivity index (χ0) is 16.9. The van der Waals surface area contributed by atoms with Crippen molar-refractivity contribution in [3.05, 3.63) is 41.8 Å². The van der Waals surface area contributed by atoms with Crippen LogP contribution in [0.4, 0.5) is 4.39 Å². The van der Waals surface area contributed by atoms with Gasteiger partial charge in [0.15, 0.2) is 10.8 Å². The Balaban J connectivity index is 1.80. The second-order valence-corrected chi connectivity index (χ2v) is 7.48. The third-order valence-electron chi connectivity index (χ3n) is 3.71. The van der Waals surface area contributed by atoms with Gasteiger partial charge in [0.25, 0.3) is 0 Å². The molecular weight excluding hydrogens is 327 g/mol. The van der Waals surface area contributed by atoms with Crippen molar-refractivity contribution in [2.45, 2.75) is 26.2 Å². The van der Waals surface area contributed by atoms with Gasteiger partial charge in [-0.2, -0.15) is 14.7 Å². The molecule has 3 heterocycles. The summed E-state index contributed by atoms with van der Waals surface area (Å²) in [5, 5.41) is 20.8. The van der Waals surface area contributed by atoms with E-state index in [9.17, 15) is 4.39 Å². The molecule has 0 aliphatic heterocycles. The highest BCUT2D eigenvalue weighted by atomic mass is 32.1. The Kier molecular flexibility index (Phi) is 3.24. The van der Waals surface area contributed by atoms with E-state index >= 15 is 0 Å². The van der Waals surface area contributed by atoms with Crippen LogP contribution in [0, 0.1) is 5.82 Å². The van der Waals surface area contributed by atoms with Crippen LogP contribution >= 0.6 is 11.3 Å². The minimum absolute atomic E-state index is 0.0253. The van der Waals surface area contributed by atoms with Crippen LogP contribution in [0.3, 0.4) is 0 Å². The largest absolute Gasteiger partial charge is 0.281 e. The smallest absolute Gasteiger partial charge is 0.235 e. The molecule has 1 aromatic carbocycles. The first-order chi connectivity index (χ1) is 11.4. The minimum Gasteiger partial charge on any atom is -0.281 e. The molecule has 24 heavy (non-hydrogen) atoms. The highest BCUT2D eigenvalue weighted by Crippen LogP contribution is 2.30. The molecular formula is C16H15FN6S. The number of nitrogens with one attached hydrogen (secondary N) is 1. The van der Waals surface area contributed by atoms with Crippen molar-refractivity contribution in [2.75, 3.05) is 0 Å². The molecule has 4 aromatic rings. The predicted octanol–water partition coefficient (Wildman–Crippen LogP) is 3.68. The van der Waals surface area contributed by atoms with Gasteiger partial charge in [-0.05, 0) is 18.2 Å². The number of benzene rings is 1. The van der Waals surface area contributed by atoms with Crippen molar-refractivity contribution in [1.82, 2.24) is 30.0 Å². The Bertz CT molecular complexity index is 1020. The summed E-state index contributed by atoms with van der Waals surface area (Å²) < 4.78 is 15.6. The number of aromatic amines is 1. The second-order valence-electron chi connectivity index (χ2n) is 6.52. The molecule has 0 fully saturated rings. The van der Waals surface area contributed by atoms with Gasteiger partial charge >= 0.3 is 0 Å². The van der Waals surface area contributed by atoms with Gasteiger partial charge in [-0.25, -0.2) is 4.39 Å². The van der Waals surface area contributed by atoms with E-state index in [2.05, 4.69) is 46.3 Å². The first-order valence-corrected chi connectivity index (χ1v) is 8.28. The number of halogens is 1. The monoisotopic (exact) mass is 342 g/mol. The van der Waals surface area contributed by atoms with Crippen LogP contribution in [0.2, 0.25) is 0 Å². The lowest BCUT2D eigenvalue weighted by molar-refractivity contribution is 0.567. The van der Waals surface area contributed by atoms with E-state index in [-0.39, 0.29) is 11.2 Å². The van der Waals surface area contributed by atoms with E-state index in [1.807, 2.05) is 6.07 Å². The van der Waals surface area contributed by atoms with Gasteiger partial charge in [0, 0.05) is 11.1 Å².